The van der Waals surface area contributed by atoms with E-state index in [2.05, 4.69) is 137 Å². The lowest BCUT2D eigenvalue weighted by atomic mass is 9.50. The Bertz CT molecular complexity index is 2070. The molecule has 8 atom stereocenters. The quantitative estimate of drug-likeness (QED) is 0.291. The second kappa shape index (κ2) is 13.0. The third-order valence-corrected chi connectivity index (χ3v) is 17.3. The molecule has 3 heterocycles. The highest BCUT2D eigenvalue weighted by atomic mass is 32.2. The molecule has 11 rings (SSSR count). The molecule has 8 unspecified atom stereocenters. The van der Waals surface area contributed by atoms with Crippen LogP contribution in [0, 0.1) is 29.1 Å². The molecule has 0 radical (unpaired) electrons. The zero-order valence-corrected chi connectivity index (χ0v) is 32.0. The van der Waals surface area contributed by atoms with E-state index in [1.165, 1.54) is 93.7 Å². The van der Waals surface area contributed by atoms with Crippen molar-refractivity contribution in [3.05, 3.63) is 141 Å². The summed E-state index contributed by atoms with van der Waals surface area (Å²) < 4.78 is 2.78. The molecule has 264 valence electrons. The van der Waals surface area contributed by atoms with Crippen LogP contribution < -0.4 is 0 Å². The Balaban J connectivity index is 1.03. The van der Waals surface area contributed by atoms with Gasteiger partial charge in [-0.15, -0.1) is 23.5 Å². The van der Waals surface area contributed by atoms with Crippen molar-refractivity contribution >= 4 is 46.9 Å². The maximum Gasteiger partial charge on any atom is 0.0311 e. The van der Waals surface area contributed by atoms with Gasteiger partial charge in [-0.3, -0.25) is 0 Å². The van der Waals surface area contributed by atoms with Crippen molar-refractivity contribution in [2.75, 3.05) is 0 Å². The summed E-state index contributed by atoms with van der Waals surface area (Å²) in [4.78, 5) is 1.70. The summed E-state index contributed by atoms with van der Waals surface area (Å²) in [6, 6.07) is 11.3. The third kappa shape index (κ3) is 4.97. The van der Waals surface area contributed by atoms with Crippen LogP contribution in [0.5, 0.6) is 0 Å². The van der Waals surface area contributed by atoms with Crippen molar-refractivity contribution in [3.8, 4) is 0 Å². The SMILES string of the molecule is C1=CC2SC3CCCC=C3C3(C4=C(CCC(c5ccccc5)=C4)SC4C=CC(C5C=Cc6c7c(n(C8=CCCCC8)c6C5)CCC=C7)CC43)C2C=C1. The van der Waals surface area contributed by atoms with Gasteiger partial charge in [0.05, 0.1) is 0 Å². The van der Waals surface area contributed by atoms with Crippen molar-refractivity contribution < 1.29 is 0 Å². The lowest BCUT2D eigenvalue weighted by Crippen LogP contribution is -2.56. The third-order valence-electron chi connectivity index (χ3n) is 14.3. The van der Waals surface area contributed by atoms with E-state index in [9.17, 15) is 0 Å². The Labute approximate surface area is 319 Å². The largest absolute Gasteiger partial charge is 0.321 e. The van der Waals surface area contributed by atoms with Crippen LogP contribution in [-0.4, -0.2) is 20.3 Å². The summed E-state index contributed by atoms with van der Waals surface area (Å²) in [7, 11) is 0. The van der Waals surface area contributed by atoms with Crippen molar-refractivity contribution in [1.29, 1.82) is 0 Å². The van der Waals surface area contributed by atoms with Crippen LogP contribution in [-0.2, 0) is 12.8 Å². The molecular formula is C49H51NS2. The molecule has 0 saturated carbocycles. The zero-order valence-electron chi connectivity index (χ0n) is 30.4. The summed E-state index contributed by atoms with van der Waals surface area (Å²) in [5.41, 5.74) is 14.4. The first-order chi connectivity index (χ1) is 25.8. The molecule has 1 saturated heterocycles. The van der Waals surface area contributed by atoms with E-state index < -0.39 is 0 Å². The van der Waals surface area contributed by atoms with Gasteiger partial charge < -0.3 is 4.57 Å². The zero-order chi connectivity index (χ0) is 34.2. The topological polar surface area (TPSA) is 4.93 Å². The van der Waals surface area contributed by atoms with Crippen LogP contribution in [0.2, 0.25) is 0 Å². The van der Waals surface area contributed by atoms with Gasteiger partial charge >= 0.3 is 0 Å². The molecule has 9 aliphatic rings. The summed E-state index contributed by atoms with van der Waals surface area (Å²) in [5.74, 6) is 2.19. The minimum absolute atomic E-state index is 0.0531. The van der Waals surface area contributed by atoms with Gasteiger partial charge in [0, 0.05) is 55.3 Å². The van der Waals surface area contributed by atoms with Crippen LogP contribution in [0.3, 0.4) is 0 Å². The fourth-order valence-electron chi connectivity index (χ4n) is 12.1. The Kier molecular flexibility index (Phi) is 8.09. The van der Waals surface area contributed by atoms with Crippen LogP contribution in [0.4, 0.5) is 0 Å². The molecule has 1 aromatic heterocycles. The van der Waals surface area contributed by atoms with Crippen molar-refractivity contribution in [1.82, 2.24) is 4.57 Å². The number of thioether (sulfide) groups is 2. The Morgan fingerprint density at radius 3 is 2.56 bits per heavy atom. The summed E-state index contributed by atoms with van der Waals surface area (Å²) in [6.45, 7) is 0. The molecule has 2 aliphatic heterocycles. The molecule has 1 fully saturated rings. The molecule has 1 aromatic carbocycles. The highest BCUT2D eigenvalue weighted by Crippen LogP contribution is 2.70. The Hall–Kier alpha value is -3.14. The molecule has 3 heteroatoms. The van der Waals surface area contributed by atoms with E-state index in [4.69, 9.17) is 0 Å². The van der Waals surface area contributed by atoms with Crippen molar-refractivity contribution in [2.45, 2.75) is 99.2 Å². The highest BCUT2D eigenvalue weighted by Gasteiger charge is 2.61. The molecule has 0 bridgehead atoms. The van der Waals surface area contributed by atoms with Crippen molar-refractivity contribution in [3.63, 3.8) is 0 Å². The molecule has 1 nitrogen and oxygen atoms in total. The van der Waals surface area contributed by atoms with E-state index >= 15 is 0 Å². The number of rotatable bonds is 3. The first kappa shape index (κ1) is 32.3. The van der Waals surface area contributed by atoms with Crippen molar-refractivity contribution in [2.24, 2.45) is 29.1 Å². The van der Waals surface area contributed by atoms with Gasteiger partial charge in [0.2, 0.25) is 0 Å². The lowest BCUT2D eigenvalue weighted by Gasteiger charge is -2.62. The summed E-state index contributed by atoms with van der Waals surface area (Å²) in [6.07, 6.45) is 49.8. The van der Waals surface area contributed by atoms with Crippen LogP contribution >= 0.6 is 23.5 Å². The minimum Gasteiger partial charge on any atom is -0.321 e. The average molecular weight is 718 g/mol. The molecular weight excluding hydrogens is 667 g/mol. The first-order valence-corrected chi connectivity index (χ1v) is 22.5. The van der Waals surface area contributed by atoms with Crippen LogP contribution in [0.25, 0.3) is 23.4 Å². The number of benzene rings is 1. The normalized spacial score (nSPS) is 35.5. The molecule has 1 spiro atoms. The lowest BCUT2D eigenvalue weighted by molar-refractivity contribution is 0.147. The van der Waals surface area contributed by atoms with Gasteiger partial charge in [-0.25, -0.2) is 0 Å². The van der Waals surface area contributed by atoms with E-state index in [0.29, 0.717) is 39.4 Å². The number of allylic oxidation sites excluding steroid dienone is 13. The predicted molar refractivity (Wildman–Crippen MR) is 225 cm³/mol. The number of hydrogen-bond donors (Lipinski definition) is 0. The van der Waals surface area contributed by atoms with Gasteiger partial charge in [0.25, 0.3) is 0 Å². The maximum atomic E-state index is 2.78. The van der Waals surface area contributed by atoms with Gasteiger partial charge in [-0.1, -0.05) is 109 Å². The fraction of sp³-hybridized carbons (Fsp3) is 0.429. The standard InChI is InChI=1S/C49H51NS2/c1-3-13-32(14-4-1)33-24-27-47-41(29-33)49(39-18-8-11-21-45(39)51-46-22-12-9-19-40(46)49)42-30-34(25-28-48(42)52-47)35-23-26-38-37-17-7-10-20-43(37)50(44(38)31-35)36-15-5-2-6-16-36/h1,3-4,7-8,11,13-15,17-19,21,23,25-26,28-29,34-35,39,42,45-46,48H,2,5-6,9-10,12,16,20,22,24,27,30-31H2. The molecule has 0 amide bonds. The van der Waals surface area contributed by atoms with Crippen LogP contribution in [0.1, 0.15) is 98.7 Å². The minimum atomic E-state index is 0.0531. The van der Waals surface area contributed by atoms with E-state index in [-0.39, 0.29) is 5.41 Å². The van der Waals surface area contributed by atoms with Gasteiger partial charge in [-0.2, -0.15) is 0 Å². The second-order valence-corrected chi connectivity index (χ2v) is 19.5. The highest BCUT2D eigenvalue weighted by molar-refractivity contribution is 8.04. The van der Waals surface area contributed by atoms with E-state index in [0.717, 1.165) is 6.42 Å². The summed E-state index contributed by atoms with van der Waals surface area (Å²) in [5, 5.41) is 1.73. The predicted octanol–water partition coefficient (Wildman–Crippen LogP) is 12.8. The second-order valence-electron chi connectivity index (χ2n) is 16.9. The van der Waals surface area contributed by atoms with E-state index in [1.54, 1.807) is 33.1 Å². The number of fused-ring (bicyclic) bond motifs is 10. The monoisotopic (exact) mass is 717 g/mol. The smallest absolute Gasteiger partial charge is 0.0311 e. The van der Waals surface area contributed by atoms with Gasteiger partial charge in [0.15, 0.2) is 0 Å². The Morgan fingerprint density at radius 1 is 0.731 bits per heavy atom. The number of aromatic nitrogens is 1. The molecule has 7 aliphatic carbocycles. The molecule has 52 heavy (non-hydrogen) atoms. The number of hydrogen-bond acceptors (Lipinski definition) is 2. The molecule has 2 aromatic rings. The summed E-state index contributed by atoms with van der Waals surface area (Å²) >= 11 is 4.55. The average Bonchev–Trinajstić information content (AvgIpc) is 3.55. The maximum absolute atomic E-state index is 2.78. The van der Waals surface area contributed by atoms with Gasteiger partial charge in [0.1, 0.15) is 0 Å². The first-order valence-electron chi connectivity index (χ1n) is 20.6. The fourth-order valence-corrected chi connectivity index (χ4v) is 15.4. The number of nitrogens with zero attached hydrogens (tertiary/aromatic N) is 1. The molecule has 0 N–H and O–H groups in total. The Morgan fingerprint density at radius 2 is 1.63 bits per heavy atom. The van der Waals surface area contributed by atoms with Crippen LogP contribution in [0.15, 0.2) is 113 Å². The van der Waals surface area contributed by atoms with E-state index in [1.807, 2.05) is 5.57 Å². The van der Waals surface area contributed by atoms with Gasteiger partial charge in [-0.05, 0) is 128 Å².